The Balaban J connectivity index is 2.10. The molecule has 24 heavy (non-hydrogen) atoms. The largest absolute Gasteiger partial charge is 0.497 e. The minimum Gasteiger partial charge on any atom is -0.497 e. The minimum atomic E-state index is -4.46. The maximum atomic E-state index is 12.4. The van der Waals surface area contributed by atoms with Gasteiger partial charge in [-0.05, 0) is 36.5 Å². The summed E-state index contributed by atoms with van der Waals surface area (Å²) in [7, 11) is -2.34. The SMILES string of the molecule is COc1ccc(C2CCCCN(S(=O)(=O)CCC(F)(F)F)C2)cc1. The lowest BCUT2D eigenvalue weighted by molar-refractivity contribution is -0.130. The molecule has 1 aromatic rings. The molecule has 0 aromatic heterocycles. The number of alkyl halides is 3. The van der Waals surface area contributed by atoms with Crippen LogP contribution in [-0.2, 0) is 10.0 Å². The molecule has 0 radical (unpaired) electrons. The van der Waals surface area contributed by atoms with Gasteiger partial charge in [-0.3, -0.25) is 0 Å². The second-order valence-corrected chi connectivity index (χ2v) is 8.09. The van der Waals surface area contributed by atoms with Gasteiger partial charge in [0.05, 0.1) is 19.3 Å². The molecule has 1 atom stereocenters. The third-order valence-corrected chi connectivity index (χ3v) is 6.10. The minimum absolute atomic E-state index is 0.0148. The zero-order valence-corrected chi connectivity index (χ0v) is 14.4. The van der Waals surface area contributed by atoms with Crippen LogP contribution in [0.15, 0.2) is 24.3 Å². The number of hydrogen-bond acceptors (Lipinski definition) is 3. The van der Waals surface area contributed by atoms with E-state index >= 15 is 0 Å². The molecule has 1 unspecified atom stereocenters. The summed E-state index contributed by atoms with van der Waals surface area (Å²) in [5, 5.41) is 0. The van der Waals surface area contributed by atoms with E-state index < -0.39 is 28.4 Å². The Labute approximate surface area is 140 Å². The first-order chi connectivity index (χ1) is 11.2. The van der Waals surface area contributed by atoms with E-state index in [-0.39, 0.29) is 19.0 Å². The number of methoxy groups -OCH3 is 1. The Morgan fingerprint density at radius 3 is 2.46 bits per heavy atom. The van der Waals surface area contributed by atoms with Gasteiger partial charge in [0.2, 0.25) is 10.0 Å². The van der Waals surface area contributed by atoms with E-state index in [1.54, 1.807) is 7.11 Å². The van der Waals surface area contributed by atoms with Gasteiger partial charge in [0, 0.05) is 13.1 Å². The first-order valence-electron chi connectivity index (χ1n) is 7.90. The predicted octanol–water partition coefficient (Wildman–Crippen LogP) is 3.55. The highest BCUT2D eigenvalue weighted by molar-refractivity contribution is 7.89. The molecule has 0 bridgehead atoms. The predicted molar refractivity (Wildman–Crippen MR) is 85.6 cm³/mol. The fourth-order valence-electron chi connectivity index (χ4n) is 2.88. The van der Waals surface area contributed by atoms with Crippen LogP contribution in [0.4, 0.5) is 13.2 Å². The molecule has 8 heteroatoms. The zero-order chi connectivity index (χ0) is 17.8. The maximum absolute atomic E-state index is 12.4. The summed E-state index contributed by atoms with van der Waals surface area (Å²) in [5.41, 5.74) is 0.980. The van der Waals surface area contributed by atoms with Crippen LogP contribution in [0.25, 0.3) is 0 Å². The lowest BCUT2D eigenvalue weighted by atomic mass is 9.94. The number of sulfonamides is 1. The molecule has 4 nitrogen and oxygen atoms in total. The van der Waals surface area contributed by atoms with Crippen molar-refractivity contribution >= 4 is 10.0 Å². The van der Waals surface area contributed by atoms with E-state index in [0.29, 0.717) is 12.2 Å². The second kappa shape index (κ2) is 7.74. The molecule has 1 saturated heterocycles. The van der Waals surface area contributed by atoms with Gasteiger partial charge in [0.25, 0.3) is 0 Å². The summed E-state index contributed by atoms with van der Waals surface area (Å²) in [4.78, 5) is 0. The van der Waals surface area contributed by atoms with Crippen molar-refractivity contribution in [2.75, 3.05) is 26.0 Å². The van der Waals surface area contributed by atoms with Crippen LogP contribution in [0.5, 0.6) is 5.75 Å². The molecule has 0 aliphatic carbocycles. The van der Waals surface area contributed by atoms with Gasteiger partial charge in [-0.25, -0.2) is 12.7 Å². The second-order valence-electron chi connectivity index (χ2n) is 6.01. The lowest BCUT2D eigenvalue weighted by Gasteiger charge is -2.24. The van der Waals surface area contributed by atoms with Crippen molar-refractivity contribution in [1.29, 1.82) is 0 Å². The van der Waals surface area contributed by atoms with Gasteiger partial charge < -0.3 is 4.74 Å². The fraction of sp³-hybridized carbons (Fsp3) is 0.625. The first kappa shape index (κ1) is 19.1. The highest BCUT2D eigenvalue weighted by atomic mass is 32.2. The number of rotatable bonds is 5. The van der Waals surface area contributed by atoms with Gasteiger partial charge in [0.1, 0.15) is 5.75 Å². The molecule has 0 spiro atoms. The summed E-state index contributed by atoms with van der Waals surface area (Å²) in [5.74, 6) is -0.188. The van der Waals surface area contributed by atoms with Crippen molar-refractivity contribution in [3.05, 3.63) is 29.8 Å². The summed E-state index contributed by atoms with van der Waals surface area (Å²) in [6.07, 6.45) is -3.44. The van der Waals surface area contributed by atoms with Crippen molar-refractivity contribution < 1.29 is 26.3 Å². The van der Waals surface area contributed by atoms with Gasteiger partial charge in [0.15, 0.2) is 0 Å². The molecule has 1 aromatic carbocycles. The van der Waals surface area contributed by atoms with Gasteiger partial charge in [-0.15, -0.1) is 0 Å². The number of halogens is 3. The Morgan fingerprint density at radius 1 is 1.21 bits per heavy atom. The van der Waals surface area contributed by atoms with Crippen molar-refractivity contribution in [2.45, 2.75) is 37.8 Å². The smallest absolute Gasteiger partial charge is 0.390 e. The molecule has 1 aliphatic heterocycles. The molecule has 0 N–H and O–H groups in total. The first-order valence-corrected chi connectivity index (χ1v) is 9.51. The van der Waals surface area contributed by atoms with E-state index in [1.807, 2.05) is 24.3 Å². The van der Waals surface area contributed by atoms with E-state index in [1.165, 1.54) is 4.31 Å². The molecule has 0 amide bonds. The van der Waals surface area contributed by atoms with Gasteiger partial charge in [-0.1, -0.05) is 18.6 Å². The standard InChI is InChI=1S/C16H22F3NO3S/c1-23-15-7-5-13(6-8-15)14-4-2-3-10-20(12-14)24(21,22)11-9-16(17,18)19/h5-8,14H,2-4,9-12H2,1H3. The molecule has 1 heterocycles. The molecule has 1 aliphatic rings. The molecule has 2 rings (SSSR count). The number of hydrogen-bond donors (Lipinski definition) is 0. The van der Waals surface area contributed by atoms with E-state index in [2.05, 4.69) is 0 Å². The zero-order valence-electron chi connectivity index (χ0n) is 13.6. The Kier molecular flexibility index (Phi) is 6.14. The fourth-order valence-corrected chi connectivity index (χ4v) is 4.44. The van der Waals surface area contributed by atoms with Crippen LogP contribution >= 0.6 is 0 Å². The van der Waals surface area contributed by atoms with Crippen molar-refractivity contribution in [2.24, 2.45) is 0 Å². The topological polar surface area (TPSA) is 46.6 Å². The molecule has 0 saturated carbocycles. The lowest BCUT2D eigenvalue weighted by Crippen LogP contribution is -2.36. The molecular weight excluding hydrogens is 343 g/mol. The number of benzene rings is 1. The van der Waals surface area contributed by atoms with Crippen LogP contribution in [0, 0.1) is 0 Å². The normalized spacial score (nSPS) is 20.6. The van der Waals surface area contributed by atoms with E-state index in [4.69, 9.17) is 4.74 Å². The number of ether oxygens (including phenoxy) is 1. The average Bonchev–Trinajstić information content (AvgIpc) is 2.79. The quantitative estimate of drug-likeness (QED) is 0.802. The van der Waals surface area contributed by atoms with Crippen molar-refractivity contribution in [3.63, 3.8) is 0 Å². The van der Waals surface area contributed by atoms with Crippen LogP contribution in [-0.4, -0.2) is 44.9 Å². The maximum Gasteiger partial charge on any atom is 0.390 e. The molecule has 136 valence electrons. The number of nitrogens with zero attached hydrogens (tertiary/aromatic N) is 1. The molecular formula is C16H22F3NO3S. The van der Waals surface area contributed by atoms with E-state index in [9.17, 15) is 21.6 Å². The summed E-state index contributed by atoms with van der Waals surface area (Å²) in [6.45, 7) is 0.513. The van der Waals surface area contributed by atoms with Crippen molar-refractivity contribution in [3.8, 4) is 5.75 Å². The summed E-state index contributed by atoms with van der Waals surface area (Å²) >= 11 is 0. The third-order valence-electron chi connectivity index (χ3n) is 4.26. The van der Waals surface area contributed by atoms with Crippen LogP contribution < -0.4 is 4.74 Å². The van der Waals surface area contributed by atoms with E-state index in [0.717, 1.165) is 18.4 Å². The molecule has 1 fully saturated rings. The third kappa shape index (κ3) is 5.37. The average molecular weight is 365 g/mol. The Hall–Kier alpha value is -1.28. The van der Waals surface area contributed by atoms with Crippen molar-refractivity contribution in [1.82, 2.24) is 4.31 Å². The van der Waals surface area contributed by atoms with Crippen LogP contribution in [0.2, 0.25) is 0 Å². The highest BCUT2D eigenvalue weighted by Crippen LogP contribution is 2.30. The van der Waals surface area contributed by atoms with Crippen LogP contribution in [0.1, 0.15) is 37.2 Å². The Bertz CT molecular complexity index is 629. The monoisotopic (exact) mass is 365 g/mol. The van der Waals surface area contributed by atoms with Crippen LogP contribution in [0.3, 0.4) is 0 Å². The highest BCUT2D eigenvalue weighted by Gasteiger charge is 2.34. The van der Waals surface area contributed by atoms with Gasteiger partial charge in [-0.2, -0.15) is 13.2 Å². The Morgan fingerprint density at radius 2 is 1.88 bits per heavy atom. The summed E-state index contributed by atoms with van der Waals surface area (Å²) in [6, 6.07) is 7.39. The summed E-state index contributed by atoms with van der Waals surface area (Å²) < 4.78 is 67.9. The van der Waals surface area contributed by atoms with Gasteiger partial charge >= 0.3 is 6.18 Å².